The Morgan fingerprint density at radius 2 is 1.92 bits per heavy atom. The normalized spacial score (nSPS) is 10.5. The van der Waals surface area contributed by atoms with Gasteiger partial charge in [-0.15, -0.1) is 0 Å². The van der Waals surface area contributed by atoms with E-state index < -0.39 is 11.8 Å². The quantitative estimate of drug-likeness (QED) is 0.751. The number of amides is 2. The number of aryl methyl sites for hydroxylation is 1. The van der Waals surface area contributed by atoms with Crippen LogP contribution in [-0.4, -0.2) is 23.3 Å². The van der Waals surface area contributed by atoms with Crippen LogP contribution in [-0.2, 0) is 11.3 Å². The maximum absolute atomic E-state index is 12.2. The van der Waals surface area contributed by atoms with E-state index in [1.54, 1.807) is 31.2 Å². The van der Waals surface area contributed by atoms with Crippen molar-refractivity contribution in [1.29, 1.82) is 0 Å². The Labute approximate surface area is 149 Å². The molecule has 2 amide bonds. The summed E-state index contributed by atoms with van der Waals surface area (Å²) in [5.41, 5.74) is 13.7. The number of nitrogens with two attached hydrogens (primary N) is 2. The summed E-state index contributed by atoms with van der Waals surface area (Å²) < 4.78 is 0. The number of pyridine rings is 1. The zero-order valence-corrected chi connectivity index (χ0v) is 14.4. The Morgan fingerprint density at radius 3 is 2.50 bits per heavy atom. The van der Waals surface area contributed by atoms with E-state index in [1.807, 2.05) is 0 Å². The second-order valence-corrected chi connectivity index (χ2v) is 5.94. The maximum atomic E-state index is 12.2. The molecule has 0 fully saturated rings. The van der Waals surface area contributed by atoms with Crippen molar-refractivity contribution in [2.45, 2.75) is 13.5 Å². The Bertz CT molecular complexity index is 809. The molecule has 0 unspecified atom stereocenters. The Hall–Kier alpha value is -2.15. The minimum Gasteiger partial charge on any atom is -0.368 e. The van der Waals surface area contributed by atoms with Gasteiger partial charge in [0.1, 0.15) is 5.69 Å². The van der Waals surface area contributed by atoms with E-state index in [0.717, 1.165) is 5.56 Å². The molecule has 0 atom stereocenters. The summed E-state index contributed by atoms with van der Waals surface area (Å²) in [5.74, 6) is -1.15. The first kappa shape index (κ1) is 18.2. The SMILES string of the molecule is Cc1nc(C(=O)NCC(N)=O)cc(-c2ccc(Cl)cc2Cl)c1CN. The van der Waals surface area contributed by atoms with E-state index in [2.05, 4.69) is 10.3 Å². The van der Waals surface area contributed by atoms with E-state index in [-0.39, 0.29) is 18.8 Å². The largest absolute Gasteiger partial charge is 0.368 e. The van der Waals surface area contributed by atoms with Gasteiger partial charge < -0.3 is 16.8 Å². The molecule has 6 nitrogen and oxygen atoms in total. The smallest absolute Gasteiger partial charge is 0.270 e. The van der Waals surface area contributed by atoms with Crippen LogP contribution in [0.4, 0.5) is 0 Å². The van der Waals surface area contributed by atoms with E-state index in [0.29, 0.717) is 26.9 Å². The Morgan fingerprint density at radius 1 is 1.21 bits per heavy atom. The van der Waals surface area contributed by atoms with Gasteiger partial charge in [0, 0.05) is 27.8 Å². The van der Waals surface area contributed by atoms with Crippen LogP contribution in [0.2, 0.25) is 10.0 Å². The maximum Gasteiger partial charge on any atom is 0.270 e. The van der Waals surface area contributed by atoms with Gasteiger partial charge in [0.2, 0.25) is 5.91 Å². The molecule has 0 aliphatic carbocycles. The van der Waals surface area contributed by atoms with Gasteiger partial charge in [-0.25, -0.2) is 4.98 Å². The molecule has 1 aromatic heterocycles. The molecule has 0 saturated carbocycles. The third-order valence-electron chi connectivity index (χ3n) is 3.41. The molecule has 126 valence electrons. The highest BCUT2D eigenvalue weighted by Gasteiger charge is 2.17. The molecule has 1 aromatic carbocycles. The molecule has 2 rings (SSSR count). The number of halogens is 2. The number of rotatable bonds is 5. The van der Waals surface area contributed by atoms with E-state index in [1.165, 1.54) is 0 Å². The second kappa shape index (κ2) is 7.61. The Balaban J connectivity index is 2.53. The standard InChI is InChI=1S/C16H16Cl2N4O2/c1-8-12(6-19)11(10-3-2-9(17)4-13(10)18)5-14(22-8)16(24)21-7-15(20)23/h2-5H,6-7,19H2,1H3,(H2,20,23)(H,21,24). The van der Waals surface area contributed by atoms with Gasteiger partial charge in [-0.3, -0.25) is 9.59 Å². The zero-order valence-electron chi connectivity index (χ0n) is 12.9. The number of nitrogens with one attached hydrogen (secondary N) is 1. The first-order chi connectivity index (χ1) is 11.3. The number of hydrogen-bond donors (Lipinski definition) is 3. The molecule has 0 bridgehead atoms. The predicted octanol–water partition coefficient (Wildman–Crippen LogP) is 2.04. The summed E-state index contributed by atoms with van der Waals surface area (Å²) in [6.07, 6.45) is 0. The number of hydrogen-bond acceptors (Lipinski definition) is 4. The molecule has 0 radical (unpaired) electrons. The molecule has 0 aliphatic heterocycles. The fourth-order valence-electron chi connectivity index (χ4n) is 2.28. The molecule has 2 aromatic rings. The first-order valence-electron chi connectivity index (χ1n) is 7.06. The highest BCUT2D eigenvalue weighted by atomic mass is 35.5. The lowest BCUT2D eigenvalue weighted by molar-refractivity contribution is -0.117. The van der Waals surface area contributed by atoms with Crippen molar-refractivity contribution < 1.29 is 9.59 Å². The van der Waals surface area contributed by atoms with Crippen LogP contribution < -0.4 is 16.8 Å². The highest BCUT2D eigenvalue weighted by molar-refractivity contribution is 6.36. The fraction of sp³-hybridized carbons (Fsp3) is 0.188. The summed E-state index contributed by atoms with van der Waals surface area (Å²) in [4.78, 5) is 27.2. The topological polar surface area (TPSA) is 111 Å². The number of aromatic nitrogens is 1. The molecule has 24 heavy (non-hydrogen) atoms. The molecule has 1 heterocycles. The molecule has 5 N–H and O–H groups in total. The van der Waals surface area contributed by atoms with Crippen LogP contribution in [0, 0.1) is 6.92 Å². The highest BCUT2D eigenvalue weighted by Crippen LogP contribution is 2.33. The van der Waals surface area contributed by atoms with E-state index in [9.17, 15) is 9.59 Å². The lowest BCUT2D eigenvalue weighted by Crippen LogP contribution is -2.33. The average molecular weight is 367 g/mol. The molecule has 0 saturated heterocycles. The molecule has 0 aliphatic rings. The third-order valence-corrected chi connectivity index (χ3v) is 3.96. The number of nitrogens with zero attached hydrogens (tertiary/aromatic N) is 1. The van der Waals surface area contributed by atoms with Crippen LogP contribution in [0.3, 0.4) is 0 Å². The van der Waals surface area contributed by atoms with Crippen molar-refractivity contribution in [1.82, 2.24) is 10.3 Å². The lowest BCUT2D eigenvalue weighted by Gasteiger charge is -2.14. The van der Waals surface area contributed by atoms with E-state index >= 15 is 0 Å². The predicted molar refractivity (Wildman–Crippen MR) is 93.8 cm³/mol. The molecular formula is C16H16Cl2N4O2. The molecular weight excluding hydrogens is 351 g/mol. The van der Waals surface area contributed by atoms with Crippen molar-refractivity contribution in [3.63, 3.8) is 0 Å². The summed E-state index contributed by atoms with van der Waals surface area (Å²) >= 11 is 12.2. The van der Waals surface area contributed by atoms with Gasteiger partial charge in [0.15, 0.2) is 0 Å². The van der Waals surface area contributed by atoms with Crippen LogP contribution in [0.25, 0.3) is 11.1 Å². The van der Waals surface area contributed by atoms with Crippen LogP contribution in [0.1, 0.15) is 21.7 Å². The summed E-state index contributed by atoms with van der Waals surface area (Å²) in [5, 5.41) is 3.34. The number of carbonyl (C=O) groups excluding carboxylic acids is 2. The first-order valence-corrected chi connectivity index (χ1v) is 7.81. The van der Waals surface area contributed by atoms with Gasteiger partial charge in [-0.1, -0.05) is 29.3 Å². The lowest BCUT2D eigenvalue weighted by atomic mass is 9.98. The van der Waals surface area contributed by atoms with Gasteiger partial charge >= 0.3 is 0 Å². The number of benzene rings is 1. The fourth-order valence-corrected chi connectivity index (χ4v) is 2.79. The molecule has 0 spiro atoms. The van der Waals surface area contributed by atoms with Crippen molar-refractivity contribution in [3.8, 4) is 11.1 Å². The van der Waals surface area contributed by atoms with Gasteiger partial charge in [-0.05, 0) is 36.2 Å². The summed E-state index contributed by atoms with van der Waals surface area (Å²) in [7, 11) is 0. The van der Waals surface area contributed by atoms with Gasteiger partial charge in [0.05, 0.1) is 6.54 Å². The summed E-state index contributed by atoms with van der Waals surface area (Å²) in [6, 6.07) is 6.65. The van der Waals surface area contributed by atoms with Crippen LogP contribution >= 0.6 is 23.2 Å². The second-order valence-electron chi connectivity index (χ2n) is 5.10. The number of carbonyl (C=O) groups is 2. The minimum absolute atomic E-state index is 0.145. The van der Waals surface area contributed by atoms with Crippen LogP contribution in [0.15, 0.2) is 24.3 Å². The monoisotopic (exact) mass is 366 g/mol. The van der Waals surface area contributed by atoms with Crippen molar-refractivity contribution in [2.75, 3.05) is 6.54 Å². The minimum atomic E-state index is -0.639. The zero-order chi connectivity index (χ0) is 17.9. The summed E-state index contributed by atoms with van der Waals surface area (Å²) in [6.45, 7) is 1.71. The molecule has 8 heteroatoms. The average Bonchev–Trinajstić information content (AvgIpc) is 2.51. The van der Waals surface area contributed by atoms with Gasteiger partial charge in [0.25, 0.3) is 5.91 Å². The van der Waals surface area contributed by atoms with Crippen LogP contribution in [0.5, 0.6) is 0 Å². The Kier molecular flexibility index (Phi) is 5.77. The third kappa shape index (κ3) is 4.03. The van der Waals surface area contributed by atoms with Crippen molar-refractivity contribution in [3.05, 3.63) is 51.3 Å². The number of primary amides is 1. The van der Waals surface area contributed by atoms with Crippen molar-refractivity contribution in [2.24, 2.45) is 11.5 Å². The van der Waals surface area contributed by atoms with Gasteiger partial charge in [-0.2, -0.15) is 0 Å². The van der Waals surface area contributed by atoms with Crippen molar-refractivity contribution >= 4 is 35.0 Å². The van der Waals surface area contributed by atoms with E-state index in [4.69, 9.17) is 34.7 Å².